The Morgan fingerprint density at radius 3 is 2.28 bits per heavy atom. The third-order valence-corrected chi connectivity index (χ3v) is 4.03. The molecule has 0 radical (unpaired) electrons. The van der Waals surface area contributed by atoms with Crippen LogP contribution in [0.2, 0.25) is 0 Å². The van der Waals surface area contributed by atoms with E-state index < -0.39 is 5.97 Å². The fourth-order valence-corrected chi connectivity index (χ4v) is 2.62. The molecule has 1 amide bonds. The summed E-state index contributed by atoms with van der Waals surface area (Å²) < 4.78 is 16.1. The van der Waals surface area contributed by atoms with E-state index in [1.807, 2.05) is 36.4 Å². The first-order valence-corrected chi connectivity index (χ1v) is 9.07. The van der Waals surface area contributed by atoms with E-state index in [0.29, 0.717) is 35.8 Å². The minimum Gasteiger partial charge on any atom is -0.490 e. The van der Waals surface area contributed by atoms with Gasteiger partial charge < -0.3 is 19.5 Å². The van der Waals surface area contributed by atoms with E-state index >= 15 is 0 Å². The minimum atomic E-state index is -0.498. The number of esters is 1. The van der Waals surface area contributed by atoms with Crippen LogP contribution in [0.1, 0.15) is 20.7 Å². The Morgan fingerprint density at radius 2 is 1.48 bits per heavy atom. The van der Waals surface area contributed by atoms with Gasteiger partial charge in [0.2, 0.25) is 0 Å². The van der Waals surface area contributed by atoms with Crippen molar-refractivity contribution in [3.8, 4) is 11.5 Å². The van der Waals surface area contributed by atoms with E-state index in [2.05, 4.69) is 5.32 Å². The van der Waals surface area contributed by atoms with Gasteiger partial charge in [0, 0.05) is 5.56 Å². The predicted molar refractivity (Wildman–Crippen MR) is 110 cm³/mol. The molecular formula is C23H21NO5. The average Bonchev–Trinajstić information content (AvgIpc) is 2.78. The van der Waals surface area contributed by atoms with Crippen LogP contribution >= 0.6 is 0 Å². The van der Waals surface area contributed by atoms with Crippen molar-refractivity contribution in [3.05, 3.63) is 90.0 Å². The fourth-order valence-electron chi connectivity index (χ4n) is 2.62. The zero-order chi connectivity index (χ0) is 20.5. The largest absolute Gasteiger partial charge is 0.490 e. The Morgan fingerprint density at radius 1 is 0.793 bits per heavy atom. The maximum Gasteiger partial charge on any atom is 0.337 e. The summed E-state index contributed by atoms with van der Waals surface area (Å²) in [6.45, 7) is 0.688. The van der Waals surface area contributed by atoms with Gasteiger partial charge in [0.1, 0.15) is 24.7 Å². The highest BCUT2D eigenvalue weighted by atomic mass is 16.5. The van der Waals surface area contributed by atoms with Gasteiger partial charge in [0.05, 0.1) is 18.4 Å². The van der Waals surface area contributed by atoms with Crippen LogP contribution < -0.4 is 14.8 Å². The van der Waals surface area contributed by atoms with Crippen LogP contribution in [-0.4, -0.2) is 32.2 Å². The van der Waals surface area contributed by atoms with E-state index in [4.69, 9.17) is 14.2 Å². The molecule has 3 aromatic carbocycles. The van der Waals surface area contributed by atoms with E-state index in [0.717, 1.165) is 5.75 Å². The number of carbonyl (C=O) groups is 2. The number of rotatable bonds is 8. The number of anilines is 1. The summed E-state index contributed by atoms with van der Waals surface area (Å²) >= 11 is 0. The fraction of sp³-hybridized carbons (Fsp3) is 0.130. The van der Waals surface area contributed by atoms with E-state index in [-0.39, 0.29) is 5.91 Å². The van der Waals surface area contributed by atoms with Crippen molar-refractivity contribution >= 4 is 17.6 Å². The van der Waals surface area contributed by atoms with Crippen LogP contribution in [0.25, 0.3) is 0 Å². The van der Waals surface area contributed by atoms with Crippen molar-refractivity contribution in [1.29, 1.82) is 0 Å². The van der Waals surface area contributed by atoms with Crippen molar-refractivity contribution in [1.82, 2.24) is 0 Å². The molecule has 0 fully saturated rings. The third-order valence-electron chi connectivity index (χ3n) is 4.03. The van der Waals surface area contributed by atoms with Crippen molar-refractivity contribution in [2.75, 3.05) is 25.6 Å². The molecule has 0 bridgehead atoms. The first kappa shape index (κ1) is 19.9. The molecule has 0 unspecified atom stereocenters. The van der Waals surface area contributed by atoms with Gasteiger partial charge in [-0.2, -0.15) is 0 Å². The Labute approximate surface area is 169 Å². The van der Waals surface area contributed by atoms with Crippen LogP contribution in [0, 0.1) is 0 Å². The number of benzene rings is 3. The molecule has 0 atom stereocenters. The molecule has 6 heteroatoms. The number of amides is 1. The number of hydrogen-bond donors (Lipinski definition) is 1. The molecule has 0 saturated carbocycles. The molecule has 0 spiro atoms. The van der Waals surface area contributed by atoms with Crippen molar-refractivity contribution in [2.45, 2.75) is 0 Å². The van der Waals surface area contributed by atoms with Crippen LogP contribution in [0.3, 0.4) is 0 Å². The summed E-state index contributed by atoms with van der Waals surface area (Å²) in [4.78, 5) is 24.3. The van der Waals surface area contributed by atoms with E-state index in [1.165, 1.54) is 13.2 Å². The van der Waals surface area contributed by atoms with E-state index in [1.54, 1.807) is 36.4 Å². The number of methoxy groups -OCH3 is 1. The summed E-state index contributed by atoms with van der Waals surface area (Å²) in [6, 6.07) is 22.9. The van der Waals surface area contributed by atoms with Crippen LogP contribution in [0.5, 0.6) is 11.5 Å². The number of ether oxygens (including phenoxy) is 3. The summed E-state index contributed by atoms with van der Waals surface area (Å²) in [5.41, 5.74) is 1.18. The lowest BCUT2D eigenvalue weighted by Crippen LogP contribution is -2.15. The van der Waals surface area contributed by atoms with E-state index in [9.17, 15) is 9.59 Å². The molecule has 0 aromatic heterocycles. The molecule has 29 heavy (non-hydrogen) atoms. The lowest BCUT2D eigenvalue weighted by molar-refractivity contribution is 0.0600. The lowest BCUT2D eigenvalue weighted by atomic mass is 10.1. The second kappa shape index (κ2) is 9.94. The molecular weight excluding hydrogens is 370 g/mol. The van der Waals surface area contributed by atoms with Crippen LogP contribution in [-0.2, 0) is 4.74 Å². The van der Waals surface area contributed by atoms with Crippen molar-refractivity contribution < 1.29 is 23.8 Å². The molecule has 0 saturated heterocycles. The molecule has 3 rings (SSSR count). The van der Waals surface area contributed by atoms with Gasteiger partial charge in [0.25, 0.3) is 5.91 Å². The van der Waals surface area contributed by atoms with Crippen LogP contribution in [0.4, 0.5) is 5.69 Å². The van der Waals surface area contributed by atoms with Gasteiger partial charge in [-0.05, 0) is 42.5 Å². The highest BCUT2D eigenvalue weighted by molar-refractivity contribution is 6.06. The Kier molecular flexibility index (Phi) is 6.84. The molecule has 3 aromatic rings. The maximum absolute atomic E-state index is 12.6. The van der Waals surface area contributed by atoms with Crippen molar-refractivity contribution in [3.63, 3.8) is 0 Å². The first-order chi connectivity index (χ1) is 14.2. The summed E-state index contributed by atoms with van der Waals surface area (Å²) in [5.74, 6) is 0.443. The standard InChI is InChI=1S/C23H21NO5/c1-27-23(26)18-9-7-8-17(16-18)22(25)24-20-12-5-6-13-21(20)29-15-14-28-19-10-3-2-4-11-19/h2-13,16H,14-15H2,1H3,(H,24,25). The van der Waals surface area contributed by atoms with Gasteiger partial charge >= 0.3 is 5.97 Å². The Balaban J connectivity index is 1.61. The van der Waals surface area contributed by atoms with Gasteiger partial charge in [0.15, 0.2) is 0 Å². The second-order valence-electron chi connectivity index (χ2n) is 6.03. The highest BCUT2D eigenvalue weighted by Crippen LogP contribution is 2.24. The molecule has 6 nitrogen and oxygen atoms in total. The van der Waals surface area contributed by atoms with Gasteiger partial charge in [-0.25, -0.2) is 4.79 Å². The topological polar surface area (TPSA) is 73.9 Å². The number of hydrogen-bond acceptors (Lipinski definition) is 5. The molecule has 1 N–H and O–H groups in total. The summed E-state index contributed by atoms with van der Waals surface area (Å²) in [7, 11) is 1.30. The number of nitrogens with one attached hydrogen (secondary N) is 1. The lowest BCUT2D eigenvalue weighted by Gasteiger charge is -2.13. The first-order valence-electron chi connectivity index (χ1n) is 9.07. The second-order valence-corrected chi connectivity index (χ2v) is 6.03. The molecule has 0 aliphatic carbocycles. The zero-order valence-corrected chi connectivity index (χ0v) is 16.0. The summed E-state index contributed by atoms with van der Waals surface area (Å²) in [5, 5.41) is 2.81. The van der Waals surface area contributed by atoms with Gasteiger partial charge in [-0.15, -0.1) is 0 Å². The summed E-state index contributed by atoms with van der Waals surface area (Å²) in [6.07, 6.45) is 0. The minimum absolute atomic E-state index is 0.308. The molecule has 0 heterocycles. The Hall–Kier alpha value is -3.80. The highest BCUT2D eigenvalue weighted by Gasteiger charge is 2.13. The number of para-hydroxylation sites is 3. The average molecular weight is 391 g/mol. The smallest absolute Gasteiger partial charge is 0.337 e. The number of carbonyl (C=O) groups excluding carboxylic acids is 2. The Bertz CT molecular complexity index is 972. The normalized spacial score (nSPS) is 10.1. The predicted octanol–water partition coefficient (Wildman–Crippen LogP) is 4.18. The third kappa shape index (κ3) is 5.59. The monoisotopic (exact) mass is 391 g/mol. The maximum atomic E-state index is 12.6. The van der Waals surface area contributed by atoms with Crippen LogP contribution in [0.15, 0.2) is 78.9 Å². The molecule has 0 aliphatic heterocycles. The van der Waals surface area contributed by atoms with Crippen molar-refractivity contribution in [2.24, 2.45) is 0 Å². The zero-order valence-electron chi connectivity index (χ0n) is 16.0. The molecule has 148 valence electrons. The van der Waals surface area contributed by atoms with Gasteiger partial charge in [-0.1, -0.05) is 36.4 Å². The molecule has 0 aliphatic rings. The quantitative estimate of drug-likeness (QED) is 0.461. The SMILES string of the molecule is COC(=O)c1cccc(C(=O)Nc2ccccc2OCCOc2ccccc2)c1. The van der Waals surface area contributed by atoms with Gasteiger partial charge in [-0.3, -0.25) is 4.79 Å².